The van der Waals surface area contributed by atoms with Crippen molar-refractivity contribution < 1.29 is 0 Å². The number of hydrogen-bond donors (Lipinski definition) is 2. The molecular weight excluding hydrogens is 402 g/mol. The average Bonchev–Trinajstić information content (AvgIpc) is 3.14. The van der Waals surface area contributed by atoms with Crippen LogP contribution in [-0.2, 0) is 0 Å². The standard InChI is InChI=1S/C18H15BrClN5/c1-9-7-11(10(2)25(9)14-6-4-3-5-13(14)20)17-23-16-15(21)12(19)8-22-18(16)24-17/h3-8H,1-2H3,(H3,21,22,23,24). The Morgan fingerprint density at radius 1 is 1.24 bits per heavy atom. The summed E-state index contributed by atoms with van der Waals surface area (Å²) in [4.78, 5) is 12.3. The average molecular weight is 417 g/mol. The number of nitrogens with two attached hydrogens (primary N) is 1. The monoisotopic (exact) mass is 415 g/mol. The number of anilines is 1. The predicted octanol–water partition coefficient (Wildman–Crippen LogP) is 5.03. The van der Waals surface area contributed by atoms with E-state index in [1.165, 1.54) is 0 Å². The highest BCUT2D eigenvalue weighted by Gasteiger charge is 2.18. The summed E-state index contributed by atoms with van der Waals surface area (Å²) in [7, 11) is 0. The molecule has 0 saturated heterocycles. The number of H-pyrrole nitrogens is 1. The van der Waals surface area contributed by atoms with E-state index in [4.69, 9.17) is 17.3 Å². The zero-order chi connectivity index (χ0) is 17.7. The molecule has 0 aliphatic rings. The van der Waals surface area contributed by atoms with Crippen LogP contribution in [0.5, 0.6) is 0 Å². The lowest BCUT2D eigenvalue weighted by Crippen LogP contribution is -1.99. The third-order valence-corrected chi connectivity index (χ3v) is 5.24. The van der Waals surface area contributed by atoms with Gasteiger partial charge >= 0.3 is 0 Å². The molecule has 0 aliphatic heterocycles. The van der Waals surface area contributed by atoms with E-state index in [0.29, 0.717) is 21.9 Å². The fourth-order valence-electron chi connectivity index (χ4n) is 3.08. The first kappa shape index (κ1) is 16.2. The van der Waals surface area contributed by atoms with Gasteiger partial charge in [0.25, 0.3) is 0 Å². The van der Waals surface area contributed by atoms with Crippen LogP contribution in [0.25, 0.3) is 28.2 Å². The van der Waals surface area contributed by atoms with Crippen molar-refractivity contribution in [3.63, 3.8) is 0 Å². The molecule has 126 valence electrons. The smallest absolute Gasteiger partial charge is 0.159 e. The van der Waals surface area contributed by atoms with Gasteiger partial charge in [-0.25, -0.2) is 9.97 Å². The summed E-state index contributed by atoms with van der Waals surface area (Å²) < 4.78 is 2.86. The molecule has 4 rings (SSSR count). The Kier molecular flexibility index (Phi) is 3.81. The topological polar surface area (TPSA) is 72.5 Å². The van der Waals surface area contributed by atoms with E-state index in [0.717, 1.165) is 32.9 Å². The number of pyridine rings is 1. The minimum absolute atomic E-state index is 0.576. The van der Waals surface area contributed by atoms with Crippen molar-refractivity contribution in [2.24, 2.45) is 0 Å². The Labute approximate surface area is 158 Å². The summed E-state index contributed by atoms with van der Waals surface area (Å²) in [6, 6.07) is 9.87. The zero-order valence-electron chi connectivity index (χ0n) is 13.6. The highest BCUT2D eigenvalue weighted by Crippen LogP contribution is 2.33. The molecule has 0 fully saturated rings. The van der Waals surface area contributed by atoms with E-state index in [1.807, 2.05) is 38.1 Å². The molecule has 0 bridgehead atoms. The largest absolute Gasteiger partial charge is 0.396 e. The fourth-order valence-corrected chi connectivity index (χ4v) is 3.59. The van der Waals surface area contributed by atoms with Crippen molar-refractivity contribution in [2.75, 3.05) is 5.73 Å². The summed E-state index contributed by atoms with van der Waals surface area (Å²) in [6.07, 6.45) is 1.67. The molecule has 0 spiro atoms. The number of nitrogen functional groups attached to an aromatic ring is 1. The van der Waals surface area contributed by atoms with Gasteiger partial charge < -0.3 is 15.3 Å². The summed E-state index contributed by atoms with van der Waals surface area (Å²) in [5.74, 6) is 0.735. The van der Waals surface area contributed by atoms with Crippen LogP contribution in [0.3, 0.4) is 0 Å². The van der Waals surface area contributed by atoms with Crippen LogP contribution >= 0.6 is 27.5 Å². The summed E-state index contributed by atoms with van der Waals surface area (Å²) in [6.45, 7) is 4.09. The van der Waals surface area contributed by atoms with Gasteiger partial charge in [-0.15, -0.1) is 0 Å². The lowest BCUT2D eigenvalue weighted by Gasteiger charge is -2.11. The maximum Gasteiger partial charge on any atom is 0.159 e. The van der Waals surface area contributed by atoms with E-state index in [-0.39, 0.29) is 0 Å². The molecule has 0 saturated carbocycles. The van der Waals surface area contributed by atoms with Gasteiger partial charge in [0.2, 0.25) is 0 Å². The van der Waals surface area contributed by atoms with Crippen LogP contribution in [0.1, 0.15) is 11.4 Å². The Hall–Kier alpha value is -2.31. The van der Waals surface area contributed by atoms with Gasteiger partial charge in [0.15, 0.2) is 5.65 Å². The van der Waals surface area contributed by atoms with E-state index < -0.39 is 0 Å². The summed E-state index contributed by atoms with van der Waals surface area (Å²) in [5, 5.41) is 0.704. The van der Waals surface area contributed by atoms with Crippen LogP contribution in [0.15, 0.2) is 41.0 Å². The lowest BCUT2D eigenvalue weighted by atomic mass is 10.2. The van der Waals surface area contributed by atoms with Crippen molar-refractivity contribution in [3.8, 4) is 17.1 Å². The Morgan fingerprint density at radius 3 is 2.76 bits per heavy atom. The third-order valence-electron chi connectivity index (χ3n) is 4.28. The first-order valence-electron chi connectivity index (χ1n) is 7.71. The van der Waals surface area contributed by atoms with Gasteiger partial charge in [-0.05, 0) is 48.0 Å². The number of aromatic amines is 1. The molecule has 7 heteroatoms. The SMILES string of the molecule is Cc1cc(-c2nc3c(N)c(Br)cnc3[nH]2)c(C)n1-c1ccccc1Cl. The van der Waals surface area contributed by atoms with E-state index >= 15 is 0 Å². The molecule has 0 amide bonds. The number of aromatic nitrogens is 4. The second-order valence-electron chi connectivity index (χ2n) is 5.87. The van der Waals surface area contributed by atoms with Crippen LogP contribution in [0.2, 0.25) is 5.02 Å². The van der Waals surface area contributed by atoms with E-state index in [9.17, 15) is 0 Å². The number of rotatable bonds is 2. The van der Waals surface area contributed by atoms with Gasteiger partial charge in [-0.3, -0.25) is 0 Å². The van der Waals surface area contributed by atoms with Gasteiger partial charge in [-0.1, -0.05) is 23.7 Å². The number of nitrogens with one attached hydrogen (secondary N) is 1. The molecule has 25 heavy (non-hydrogen) atoms. The highest BCUT2D eigenvalue weighted by molar-refractivity contribution is 9.10. The summed E-state index contributed by atoms with van der Waals surface area (Å²) >= 11 is 9.77. The Morgan fingerprint density at radius 2 is 2.00 bits per heavy atom. The second kappa shape index (κ2) is 5.89. The maximum atomic E-state index is 6.38. The van der Waals surface area contributed by atoms with Crippen LogP contribution in [0.4, 0.5) is 5.69 Å². The van der Waals surface area contributed by atoms with Crippen molar-refractivity contribution in [1.82, 2.24) is 19.5 Å². The van der Waals surface area contributed by atoms with Crippen molar-refractivity contribution in [2.45, 2.75) is 13.8 Å². The molecule has 0 unspecified atom stereocenters. The number of fused-ring (bicyclic) bond motifs is 1. The molecule has 3 heterocycles. The van der Waals surface area contributed by atoms with Gasteiger partial charge in [0, 0.05) is 23.1 Å². The molecule has 0 atom stereocenters. The number of benzene rings is 1. The molecule has 5 nitrogen and oxygen atoms in total. The van der Waals surface area contributed by atoms with Crippen molar-refractivity contribution >= 4 is 44.4 Å². The fraction of sp³-hybridized carbons (Fsp3) is 0.111. The third kappa shape index (κ3) is 2.53. The zero-order valence-corrected chi connectivity index (χ0v) is 16.0. The first-order valence-corrected chi connectivity index (χ1v) is 8.88. The molecule has 0 radical (unpaired) electrons. The molecule has 0 aliphatic carbocycles. The number of hydrogen-bond acceptors (Lipinski definition) is 3. The minimum atomic E-state index is 0.576. The number of halogens is 2. The molecule has 1 aromatic carbocycles. The van der Waals surface area contributed by atoms with Crippen molar-refractivity contribution in [3.05, 3.63) is 57.4 Å². The minimum Gasteiger partial charge on any atom is -0.396 e. The Bertz CT molecular complexity index is 1110. The van der Waals surface area contributed by atoms with Crippen molar-refractivity contribution in [1.29, 1.82) is 0 Å². The van der Waals surface area contributed by atoms with Crippen LogP contribution in [0, 0.1) is 13.8 Å². The van der Waals surface area contributed by atoms with Gasteiger partial charge in [-0.2, -0.15) is 0 Å². The summed E-state index contributed by atoms with van der Waals surface area (Å²) in [5.41, 5.74) is 12.1. The molecule has 3 N–H and O–H groups in total. The predicted molar refractivity (Wildman–Crippen MR) is 105 cm³/mol. The van der Waals surface area contributed by atoms with Gasteiger partial charge in [0.05, 0.1) is 20.9 Å². The normalized spacial score (nSPS) is 11.4. The quantitative estimate of drug-likeness (QED) is 0.481. The number of para-hydroxylation sites is 1. The molecular formula is C18H15BrClN5. The first-order chi connectivity index (χ1) is 12.0. The van der Waals surface area contributed by atoms with E-state index in [1.54, 1.807) is 6.20 Å². The lowest BCUT2D eigenvalue weighted by molar-refractivity contribution is 0.966. The van der Waals surface area contributed by atoms with Gasteiger partial charge in [0.1, 0.15) is 11.3 Å². The number of nitrogens with zero attached hydrogens (tertiary/aromatic N) is 3. The molecule has 3 aromatic heterocycles. The number of aryl methyl sites for hydroxylation is 1. The maximum absolute atomic E-state index is 6.38. The Balaban J connectivity index is 1.92. The molecule has 4 aromatic rings. The van der Waals surface area contributed by atoms with E-state index in [2.05, 4.69) is 41.5 Å². The number of imidazole rings is 1. The highest BCUT2D eigenvalue weighted by atomic mass is 79.9. The second-order valence-corrected chi connectivity index (χ2v) is 7.14. The van der Waals surface area contributed by atoms with Crippen LogP contribution < -0.4 is 5.73 Å². The van der Waals surface area contributed by atoms with Crippen LogP contribution in [-0.4, -0.2) is 19.5 Å².